The topological polar surface area (TPSA) is 15.3 Å². The summed E-state index contributed by atoms with van der Waals surface area (Å²) in [5.74, 6) is 0. The van der Waals surface area contributed by atoms with Crippen molar-refractivity contribution in [2.75, 3.05) is 19.6 Å². The van der Waals surface area contributed by atoms with Crippen molar-refractivity contribution in [1.29, 1.82) is 0 Å². The van der Waals surface area contributed by atoms with Gasteiger partial charge in [0.2, 0.25) is 0 Å². The van der Waals surface area contributed by atoms with Gasteiger partial charge in [0.25, 0.3) is 0 Å². The molecular weight excluding hydrogens is 239 g/mol. The quantitative estimate of drug-likeness (QED) is 0.592. The molecule has 0 aliphatic carbocycles. The van der Waals surface area contributed by atoms with Gasteiger partial charge < -0.3 is 4.90 Å². The minimum atomic E-state index is 0.767. The summed E-state index contributed by atoms with van der Waals surface area (Å²) >= 11 is 2.26. The average molecular weight is 254 g/mol. The van der Waals surface area contributed by atoms with Crippen molar-refractivity contribution in [2.24, 2.45) is 0 Å². The van der Waals surface area contributed by atoms with Gasteiger partial charge in [0.15, 0.2) is 0 Å². The van der Waals surface area contributed by atoms with Crippen molar-refractivity contribution in [2.45, 2.75) is 25.8 Å². The van der Waals surface area contributed by atoms with E-state index in [0.717, 1.165) is 6.04 Å². The third-order valence-electron chi connectivity index (χ3n) is 2.19. The van der Waals surface area contributed by atoms with Crippen LogP contribution >= 0.6 is 22.9 Å². The molecule has 1 fully saturated rings. The summed E-state index contributed by atoms with van der Waals surface area (Å²) in [5, 5.41) is 0. The van der Waals surface area contributed by atoms with Crippen LogP contribution in [0.25, 0.3) is 0 Å². The lowest BCUT2D eigenvalue weighted by Crippen LogP contribution is -2.39. The summed E-state index contributed by atoms with van der Waals surface area (Å²) in [6.45, 7) is 6.00. The Labute approximate surface area is 76.9 Å². The molecule has 1 rings (SSSR count). The van der Waals surface area contributed by atoms with Gasteiger partial charge in [-0.05, 0) is 32.5 Å². The number of hydrogen-bond donors (Lipinski definition) is 1. The third kappa shape index (κ3) is 2.36. The highest BCUT2D eigenvalue weighted by Crippen LogP contribution is 2.10. The molecule has 0 aromatic carbocycles. The Bertz CT molecular complexity index is 77.6. The van der Waals surface area contributed by atoms with E-state index >= 15 is 0 Å². The first-order valence-corrected chi connectivity index (χ1v) is 5.03. The second-order valence-electron chi connectivity index (χ2n) is 2.82. The lowest BCUT2D eigenvalue weighted by Gasteiger charge is -2.29. The molecule has 60 valence electrons. The fourth-order valence-electron chi connectivity index (χ4n) is 1.36. The normalized spacial score (nSPS) is 23.4. The Kier molecular flexibility index (Phi) is 3.95. The van der Waals surface area contributed by atoms with Gasteiger partial charge in [-0.2, -0.15) is 0 Å². The van der Waals surface area contributed by atoms with Gasteiger partial charge in [0.1, 0.15) is 0 Å². The highest BCUT2D eigenvalue weighted by atomic mass is 127. The molecule has 0 bridgehead atoms. The van der Waals surface area contributed by atoms with E-state index in [-0.39, 0.29) is 0 Å². The molecule has 10 heavy (non-hydrogen) atoms. The van der Waals surface area contributed by atoms with Crippen molar-refractivity contribution in [3.8, 4) is 0 Å². The zero-order valence-electron chi connectivity index (χ0n) is 6.44. The zero-order valence-corrected chi connectivity index (χ0v) is 8.60. The molecule has 2 nitrogen and oxygen atoms in total. The first kappa shape index (κ1) is 8.74. The minimum absolute atomic E-state index is 0.767. The lowest BCUT2D eigenvalue weighted by atomic mass is 10.1. The van der Waals surface area contributed by atoms with E-state index in [1.807, 2.05) is 0 Å². The Balaban J connectivity index is 2.17. The minimum Gasteiger partial charge on any atom is -0.303 e. The van der Waals surface area contributed by atoms with Gasteiger partial charge in [-0.25, -0.2) is 0 Å². The van der Waals surface area contributed by atoms with Crippen LogP contribution < -0.4 is 3.53 Å². The number of piperidine rings is 1. The van der Waals surface area contributed by atoms with E-state index in [0.29, 0.717) is 0 Å². The van der Waals surface area contributed by atoms with E-state index in [9.17, 15) is 0 Å². The molecule has 1 aliphatic heterocycles. The van der Waals surface area contributed by atoms with E-state index in [1.165, 1.54) is 32.5 Å². The molecule has 1 heterocycles. The smallest absolute Gasteiger partial charge is 0.0187 e. The van der Waals surface area contributed by atoms with E-state index in [4.69, 9.17) is 0 Å². The monoisotopic (exact) mass is 254 g/mol. The molecule has 3 heteroatoms. The second kappa shape index (κ2) is 4.51. The molecule has 1 aliphatic rings. The number of nitrogens with one attached hydrogen (secondary N) is 1. The SMILES string of the molecule is CCN1CCC(NI)CC1. The predicted octanol–water partition coefficient (Wildman–Crippen LogP) is 1.41. The zero-order chi connectivity index (χ0) is 7.40. The summed E-state index contributed by atoms with van der Waals surface area (Å²) in [6.07, 6.45) is 2.63. The van der Waals surface area contributed by atoms with Gasteiger partial charge in [0.05, 0.1) is 0 Å². The Morgan fingerprint density at radius 1 is 1.50 bits per heavy atom. The molecule has 0 aromatic rings. The fraction of sp³-hybridized carbons (Fsp3) is 1.00. The Hall–Kier alpha value is 0.650. The second-order valence-corrected chi connectivity index (χ2v) is 3.44. The predicted molar refractivity (Wildman–Crippen MR) is 52.3 cm³/mol. The van der Waals surface area contributed by atoms with Crippen LogP contribution in [0.1, 0.15) is 19.8 Å². The third-order valence-corrected chi connectivity index (χ3v) is 3.07. The molecule has 0 spiro atoms. The number of hydrogen-bond acceptors (Lipinski definition) is 2. The van der Waals surface area contributed by atoms with E-state index in [2.05, 4.69) is 38.2 Å². The molecule has 0 radical (unpaired) electrons. The lowest BCUT2D eigenvalue weighted by molar-refractivity contribution is 0.220. The van der Waals surface area contributed by atoms with Crippen molar-refractivity contribution >= 4 is 22.9 Å². The maximum Gasteiger partial charge on any atom is 0.0187 e. The molecule has 1 N–H and O–H groups in total. The van der Waals surface area contributed by atoms with Crippen LogP contribution in [0.4, 0.5) is 0 Å². The highest BCUT2D eigenvalue weighted by Gasteiger charge is 2.15. The van der Waals surface area contributed by atoms with Crippen LogP contribution in [0.2, 0.25) is 0 Å². The van der Waals surface area contributed by atoms with Crippen LogP contribution in [-0.4, -0.2) is 30.6 Å². The number of halogens is 1. The maximum absolute atomic E-state index is 3.29. The van der Waals surface area contributed by atoms with Gasteiger partial charge in [-0.1, -0.05) is 6.92 Å². The van der Waals surface area contributed by atoms with Gasteiger partial charge in [-0.3, -0.25) is 3.53 Å². The van der Waals surface area contributed by atoms with Crippen molar-refractivity contribution in [1.82, 2.24) is 8.43 Å². The summed E-state index contributed by atoms with van der Waals surface area (Å²) in [5.41, 5.74) is 0. The molecule has 0 atom stereocenters. The summed E-state index contributed by atoms with van der Waals surface area (Å²) in [6, 6.07) is 0.767. The van der Waals surface area contributed by atoms with Crippen LogP contribution in [0.5, 0.6) is 0 Å². The standard InChI is InChI=1S/C7H15IN2/c1-2-10-5-3-7(9-8)4-6-10/h7,9H,2-6H2,1H3. The Morgan fingerprint density at radius 2 is 2.10 bits per heavy atom. The molecular formula is C7H15IN2. The number of rotatable bonds is 2. The molecule has 0 amide bonds. The van der Waals surface area contributed by atoms with Crippen LogP contribution in [0, 0.1) is 0 Å². The van der Waals surface area contributed by atoms with Crippen LogP contribution in [-0.2, 0) is 0 Å². The summed E-state index contributed by atoms with van der Waals surface area (Å²) in [4.78, 5) is 2.50. The van der Waals surface area contributed by atoms with Gasteiger partial charge in [-0.15, -0.1) is 0 Å². The maximum atomic E-state index is 3.29. The van der Waals surface area contributed by atoms with Crippen molar-refractivity contribution < 1.29 is 0 Å². The number of likely N-dealkylation sites (tertiary alicyclic amines) is 1. The molecule has 0 aromatic heterocycles. The Morgan fingerprint density at radius 3 is 2.50 bits per heavy atom. The van der Waals surface area contributed by atoms with Crippen LogP contribution in [0.3, 0.4) is 0 Å². The van der Waals surface area contributed by atoms with Crippen molar-refractivity contribution in [3.63, 3.8) is 0 Å². The number of nitrogens with zero attached hydrogens (tertiary/aromatic N) is 1. The highest BCUT2D eigenvalue weighted by molar-refractivity contribution is 14.1. The first-order valence-electron chi connectivity index (χ1n) is 3.95. The van der Waals surface area contributed by atoms with E-state index < -0.39 is 0 Å². The largest absolute Gasteiger partial charge is 0.303 e. The summed E-state index contributed by atoms with van der Waals surface area (Å²) < 4.78 is 3.29. The summed E-state index contributed by atoms with van der Waals surface area (Å²) in [7, 11) is 0. The van der Waals surface area contributed by atoms with Crippen LogP contribution in [0.15, 0.2) is 0 Å². The van der Waals surface area contributed by atoms with Gasteiger partial charge in [0, 0.05) is 28.9 Å². The molecule has 1 saturated heterocycles. The fourth-order valence-corrected chi connectivity index (χ4v) is 1.98. The average Bonchev–Trinajstić information content (AvgIpc) is 2.05. The first-order chi connectivity index (χ1) is 4.86. The molecule has 0 saturated carbocycles. The van der Waals surface area contributed by atoms with E-state index in [1.54, 1.807) is 0 Å². The van der Waals surface area contributed by atoms with Gasteiger partial charge >= 0.3 is 0 Å². The van der Waals surface area contributed by atoms with Crippen molar-refractivity contribution in [3.05, 3.63) is 0 Å². The molecule has 0 unspecified atom stereocenters.